The Hall–Kier alpha value is -4.46. The zero-order chi connectivity index (χ0) is 27.5. The fourth-order valence-corrected chi connectivity index (χ4v) is 3.30. The molecule has 0 radical (unpaired) electrons. The molecule has 0 fully saturated rings. The van der Waals surface area contributed by atoms with Gasteiger partial charge in [0.05, 0.1) is 12.4 Å². The highest BCUT2D eigenvalue weighted by molar-refractivity contribution is 5.94. The second-order valence-corrected chi connectivity index (χ2v) is 8.47. The number of phenolic OH excluding ortho intramolecular Hbond substituents is 1. The van der Waals surface area contributed by atoms with E-state index in [1.54, 1.807) is 12.1 Å². The number of amides is 4. The first kappa shape index (κ1) is 28.8. The van der Waals surface area contributed by atoms with Crippen molar-refractivity contribution in [3.63, 3.8) is 0 Å². The molecule has 0 saturated carbocycles. The van der Waals surface area contributed by atoms with Crippen LogP contribution < -0.4 is 27.4 Å². The number of H-pyrrole nitrogens is 1. The summed E-state index contributed by atoms with van der Waals surface area (Å²) in [6, 6.07) is 1.13. The normalized spacial score (nSPS) is 14.0. The number of aromatic nitrogens is 2. The number of rotatable bonds is 14. The lowest BCUT2D eigenvalue weighted by molar-refractivity contribution is -0.142. The molecule has 4 atom stereocenters. The molecule has 1 aromatic heterocycles. The number of hydrogen-bond donors (Lipinski definition) is 8. The molecule has 0 aliphatic rings. The van der Waals surface area contributed by atoms with Crippen LogP contribution in [0.2, 0.25) is 0 Å². The van der Waals surface area contributed by atoms with E-state index >= 15 is 0 Å². The third kappa shape index (κ3) is 9.60. The first-order chi connectivity index (χ1) is 17.5. The Morgan fingerprint density at radius 2 is 1.54 bits per heavy atom. The maximum atomic E-state index is 13.2. The van der Waals surface area contributed by atoms with Crippen molar-refractivity contribution >= 4 is 29.6 Å². The van der Waals surface area contributed by atoms with Gasteiger partial charge in [0.1, 0.15) is 23.9 Å². The lowest BCUT2D eigenvalue weighted by Gasteiger charge is -2.25. The van der Waals surface area contributed by atoms with Gasteiger partial charge >= 0.3 is 5.97 Å². The molecule has 4 unspecified atom stereocenters. The molecule has 1 aromatic carbocycles. The summed E-state index contributed by atoms with van der Waals surface area (Å²) in [5, 5.41) is 26.4. The van der Waals surface area contributed by atoms with E-state index in [0.29, 0.717) is 11.3 Å². The molecule has 0 bridgehead atoms. The Balaban J connectivity index is 2.21. The van der Waals surface area contributed by atoms with Gasteiger partial charge in [-0.25, -0.2) is 9.78 Å². The van der Waals surface area contributed by atoms with Crippen LogP contribution >= 0.6 is 0 Å². The van der Waals surface area contributed by atoms with Crippen LogP contribution in [0.15, 0.2) is 36.8 Å². The summed E-state index contributed by atoms with van der Waals surface area (Å²) in [4.78, 5) is 68.0. The number of imidazole rings is 1. The van der Waals surface area contributed by atoms with Crippen LogP contribution in [0, 0.1) is 0 Å². The monoisotopic (exact) mass is 517 g/mol. The Morgan fingerprint density at radius 1 is 0.946 bits per heavy atom. The Kier molecular flexibility index (Phi) is 10.6. The van der Waals surface area contributed by atoms with Gasteiger partial charge in [-0.15, -0.1) is 0 Å². The molecular weight excluding hydrogens is 486 g/mol. The quantitative estimate of drug-likeness (QED) is 0.139. The lowest BCUT2D eigenvalue weighted by Crippen LogP contribution is -2.57. The highest BCUT2D eigenvalue weighted by Gasteiger charge is 2.30. The Bertz CT molecular complexity index is 1090. The summed E-state index contributed by atoms with van der Waals surface area (Å²) in [6.07, 6.45) is 2.17. The summed E-state index contributed by atoms with van der Waals surface area (Å²) in [5.41, 5.74) is 11.9. The average molecular weight is 518 g/mol. The van der Waals surface area contributed by atoms with Crippen LogP contribution in [0.3, 0.4) is 0 Å². The highest BCUT2D eigenvalue weighted by atomic mass is 16.4. The van der Waals surface area contributed by atoms with Gasteiger partial charge in [0.2, 0.25) is 23.6 Å². The van der Waals surface area contributed by atoms with Crippen molar-refractivity contribution in [2.24, 2.45) is 11.5 Å². The minimum atomic E-state index is -1.36. The van der Waals surface area contributed by atoms with Crippen LogP contribution in [-0.4, -0.2) is 73.9 Å². The van der Waals surface area contributed by atoms with Crippen molar-refractivity contribution in [1.29, 1.82) is 0 Å². The molecule has 2 aromatic rings. The summed E-state index contributed by atoms with van der Waals surface area (Å²) in [5.74, 6) is -4.30. The Labute approximate surface area is 212 Å². The van der Waals surface area contributed by atoms with Gasteiger partial charge in [-0.1, -0.05) is 12.1 Å². The van der Waals surface area contributed by atoms with Gasteiger partial charge in [0, 0.05) is 31.2 Å². The smallest absolute Gasteiger partial charge is 0.326 e. The van der Waals surface area contributed by atoms with Gasteiger partial charge in [0.25, 0.3) is 0 Å². The molecule has 200 valence electrons. The zero-order valence-corrected chi connectivity index (χ0v) is 20.1. The van der Waals surface area contributed by atoms with Crippen LogP contribution in [0.1, 0.15) is 31.0 Å². The molecule has 10 N–H and O–H groups in total. The van der Waals surface area contributed by atoms with Crippen molar-refractivity contribution < 1.29 is 34.2 Å². The second kappa shape index (κ2) is 13.6. The molecule has 2 rings (SSSR count). The molecule has 37 heavy (non-hydrogen) atoms. The average Bonchev–Trinajstić information content (AvgIpc) is 3.34. The molecule has 0 spiro atoms. The fraction of sp³-hybridized carbons (Fsp3) is 0.391. The van der Waals surface area contributed by atoms with E-state index in [1.807, 2.05) is 0 Å². The Morgan fingerprint density at radius 3 is 2.08 bits per heavy atom. The minimum Gasteiger partial charge on any atom is -0.508 e. The van der Waals surface area contributed by atoms with Gasteiger partial charge in [-0.05, 0) is 31.0 Å². The number of hydrogen-bond acceptors (Lipinski definition) is 8. The number of nitrogens with zero attached hydrogens (tertiary/aromatic N) is 1. The van der Waals surface area contributed by atoms with Crippen LogP contribution in [0.4, 0.5) is 0 Å². The molecule has 1 heterocycles. The first-order valence-electron chi connectivity index (χ1n) is 11.4. The SMILES string of the molecule is CC(N)C(=O)NC(Cc1ccc(O)cc1)C(=O)NC(CCC(N)=O)C(=O)NC(Cc1cnc[nH]1)C(=O)O. The van der Waals surface area contributed by atoms with E-state index < -0.39 is 53.8 Å². The fourth-order valence-electron chi connectivity index (χ4n) is 3.30. The molecule has 0 aliphatic heterocycles. The van der Waals surface area contributed by atoms with E-state index in [-0.39, 0.29) is 31.4 Å². The van der Waals surface area contributed by atoms with E-state index in [9.17, 15) is 34.2 Å². The number of nitrogens with one attached hydrogen (secondary N) is 4. The molecule has 0 aliphatic carbocycles. The van der Waals surface area contributed by atoms with Crippen molar-refractivity contribution in [2.75, 3.05) is 0 Å². The second-order valence-electron chi connectivity index (χ2n) is 8.47. The van der Waals surface area contributed by atoms with Crippen molar-refractivity contribution in [2.45, 2.75) is 56.8 Å². The number of primary amides is 1. The third-order valence-corrected chi connectivity index (χ3v) is 5.33. The van der Waals surface area contributed by atoms with Gasteiger partial charge in [-0.2, -0.15) is 0 Å². The number of carbonyl (C=O) groups excluding carboxylic acids is 4. The molecular formula is C23H31N7O7. The number of carbonyl (C=O) groups is 5. The third-order valence-electron chi connectivity index (χ3n) is 5.33. The summed E-state index contributed by atoms with van der Waals surface area (Å²) in [6.45, 7) is 1.43. The summed E-state index contributed by atoms with van der Waals surface area (Å²) < 4.78 is 0. The van der Waals surface area contributed by atoms with E-state index in [2.05, 4.69) is 25.9 Å². The van der Waals surface area contributed by atoms with E-state index in [1.165, 1.54) is 31.6 Å². The molecule has 4 amide bonds. The number of carboxylic acids is 1. The van der Waals surface area contributed by atoms with Crippen molar-refractivity contribution in [1.82, 2.24) is 25.9 Å². The zero-order valence-electron chi connectivity index (χ0n) is 20.1. The standard InChI is InChI=1S/C23H31N7O7/c1-12(24)20(33)29-17(8-13-2-4-15(31)5-3-13)22(35)28-16(6-7-19(25)32)21(34)30-18(23(36)37)9-14-10-26-11-27-14/h2-5,10-12,16-18,31H,6-9,24H2,1H3,(H2,25,32)(H,26,27)(H,28,35)(H,29,33)(H,30,34)(H,36,37). The van der Waals surface area contributed by atoms with Crippen molar-refractivity contribution in [3.8, 4) is 5.75 Å². The predicted octanol–water partition coefficient (Wildman–Crippen LogP) is -1.95. The summed E-state index contributed by atoms with van der Waals surface area (Å²) in [7, 11) is 0. The number of phenols is 1. The van der Waals surface area contributed by atoms with Crippen LogP contribution in [0.25, 0.3) is 0 Å². The highest BCUT2D eigenvalue weighted by Crippen LogP contribution is 2.12. The predicted molar refractivity (Wildman–Crippen MR) is 130 cm³/mol. The first-order valence-corrected chi connectivity index (χ1v) is 11.4. The lowest BCUT2D eigenvalue weighted by atomic mass is 10.0. The number of aromatic hydroxyl groups is 1. The molecule has 0 saturated heterocycles. The van der Waals surface area contributed by atoms with Gasteiger partial charge in [0.15, 0.2) is 0 Å². The number of aromatic amines is 1. The molecule has 14 heteroatoms. The summed E-state index contributed by atoms with van der Waals surface area (Å²) >= 11 is 0. The van der Waals surface area contributed by atoms with Gasteiger partial charge in [-0.3, -0.25) is 19.2 Å². The number of carboxylic acid groups (broad SMARTS) is 1. The minimum absolute atomic E-state index is 0.00763. The van der Waals surface area contributed by atoms with Gasteiger partial charge < -0.3 is 42.6 Å². The number of benzene rings is 1. The van der Waals surface area contributed by atoms with Crippen molar-refractivity contribution in [3.05, 3.63) is 48.0 Å². The van der Waals surface area contributed by atoms with E-state index in [0.717, 1.165) is 0 Å². The van der Waals surface area contributed by atoms with Crippen LogP contribution in [0.5, 0.6) is 5.75 Å². The van der Waals surface area contributed by atoms with E-state index in [4.69, 9.17) is 11.5 Å². The number of aliphatic carboxylic acids is 1. The number of nitrogens with two attached hydrogens (primary N) is 2. The maximum Gasteiger partial charge on any atom is 0.326 e. The van der Waals surface area contributed by atoms with Crippen LogP contribution in [-0.2, 0) is 36.8 Å². The largest absolute Gasteiger partial charge is 0.508 e. The molecule has 14 nitrogen and oxygen atoms in total. The maximum absolute atomic E-state index is 13.2. The topological polar surface area (TPSA) is 243 Å².